The van der Waals surface area contributed by atoms with E-state index in [2.05, 4.69) is 5.43 Å². The zero-order valence-electron chi connectivity index (χ0n) is 10.6. The van der Waals surface area contributed by atoms with Gasteiger partial charge >= 0.3 is 5.97 Å². The highest BCUT2D eigenvalue weighted by atomic mass is 16.4. The monoisotopic (exact) mass is 270 g/mol. The minimum atomic E-state index is -1.05. The number of carboxylic acid groups (broad SMARTS) is 1. The van der Waals surface area contributed by atoms with Gasteiger partial charge in [-0.3, -0.25) is 15.2 Å². The Morgan fingerprint density at radius 2 is 1.60 bits per heavy atom. The molecule has 5 heteroatoms. The Morgan fingerprint density at radius 1 is 1.05 bits per heavy atom. The molecule has 5 nitrogen and oxygen atoms in total. The predicted molar refractivity (Wildman–Crippen MR) is 74.9 cm³/mol. The first-order valence-electron chi connectivity index (χ1n) is 6.06. The van der Waals surface area contributed by atoms with Crippen LogP contribution in [-0.2, 0) is 9.59 Å². The molecular formula is C15H14N2O3. The lowest BCUT2D eigenvalue weighted by atomic mass is 10.1. The molecule has 0 aliphatic heterocycles. The molecule has 1 atom stereocenters. The number of hydrazine groups is 1. The van der Waals surface area contributed by atoms with Gasteiger partial charge in [-0.05, 0) is 17.7 Å². The van der Waals surface area contributed by atoms with Crippen molar-refractivity contribution in [1.82, 2.24) is 5.43 Å². The van der Waals surface area contributed by atoms with E-state index in [9.17, 15) is 14.7 Å². The van der Waals surface area contributed by atoms with Gasteiger partial charge in [0.25, 0.3) is 0 Å². The highest BCUT2D eigenvalue weighted by Gasteiger charge is 2.27. The summed E-state index contributed by atoms with van der Waals surface area (Å²) in [7, 11) is 0. The molecule has 2 aromatic rings. The lowest BCUT2D eigenvalue weighted by Crippen LogP contribution is -2.43. The van der Waals surface area contributed by atoms with Crippen LogP contribution < -0.4 is 10.4 Å². The second-order valence-electron chi connectivity index (χ2n) is 4.10. The number of carboxylic acids is 1. The van der Waals surface area contributed by atoms with Crippen molar-refractivity contribution in [2.45, 2.75) is 6.04 Å². The molecule has 0 bridgehead atoms. The number of anilines is 1. The van der Waals surface area contributed by atoms with Crippen LogP contribution in [0.15, 0.2) is 60.7 Å². The number of carbonyl (C=O) groups excluding carboxylic acids is 1. The number of nitrogens with zero attached hydrogens (tertiary/aromatic N) is 1. The quantitative estimate of drug-likeness (QED) is 0.622. The first-order chi connectivity index (χ1) is 9.74. The van der Waals surface area contributed by atoms with Crippen molar-refractivity contribution >= 4 is 18.1 Å². The summed E-state index contributed by atoms with van der Waals surface area (Å²) in [6.45, 7) is 0. The normalized spacial score (nSPS) is 11.4. The van der Waals surface area contributed by atoms with E-state index in [4.69, 9.17) is 0 Å². The number of hydrogen-bond acceptors (Lipinski definition) is 3. The number of hydrogen-bond donors (Lipinski definition) is 2. The van der Waals surface area contributed by atoms with E-state index in [0.29, 0.717) is 17.7 Å². The van der Waals surface area contributed by atoms with Gasteiger partial charge in [-0.2, -0.15) is 0 Å². The largest absolute Gasteiger partial charge is 0.479 e. The Morgan fingerprint density at radius 3 is 2.10 bits per heavy atom. The fourth-order valence-corrected chi connectivity index (χ4v) is 1.98. The van der Waals surface area contributed by atoms with Crippen molar-refractivity contribution in [2.24, 2.45) is 0 Å². The van der Waals surface area contributed by atoms with Crippen LogP contribution in [0.25, 0.3) is 0 Å². The van der Waals surface area contributed by atoms with Gasteiger partial charge < -0.3 is 5.11 Å². The molecule has 2 aromatic carbocycles. The summed E-state index contributed by atoms with van der Waals surface area (Å²) in [4.78, 5) is 22.4. The molecular weight excluding hydrogens is 256 g/mol. The predicted octanol–water partition coefficient (Wildman–Crippen LogP) is 1.98. The number of benzene rings is 2. The smallest absolute Gasteiger partial charge is 0.333 e. The third kappa shape index (κ3) is 2.95. The molecule has 102 valence electrons. The van der Waals surface area contributed by atoms with Gasteiger partial charge in [0, 0.05) is 0 Å². The number of para-hydroxylation sites is 1. The lowest BCUT2D eigenvalue weighted by Gasteiger charge is -2.29. The Labute approximate surface area is 116 Å². The van der Waals surface area contributed by atoms with E-state index in [0.717, 1.165) is 0 Å². The van der Waals surface area contributed by atoms with Gasteiger partial charge in [0.2, 0.25) is 6.41 Å². The third-order valence-electron chi connectivity index (χ3n) is 2.83. The van der Waals surface area contributed by atoms with Gasteiger partial charge in [0.1, 0.15) is 0 Å². The van der Waals surface area contributed by atoms with Crippen LogP contribution in [0, 0.1) is 0 Å². The van der Waals surface area contributed by atoms with Crippen molar-refractivity contribution in [1.29, 1.82) is 0 Å². The Hall–Kier alpha value is -2.82. The number of aliphatic carboxylic acids is 1. The van der Waals surface area contributed by atoms with Crippen LogP contribution in [0.2, 0.25) is 0 Å². The second kappa shape index (κ2) is 6.38. The summed E-state index contributed by atoms with van der Waals surface area (Å²) < 4.78 is 0. The van der Waals surface area contributed by atoms with E-state index in [1.54, 1.807) is 48.5 Å². The molecule has 0 saturated carbocycles. The topological polar surface area (TPSA) is 69.6 Å². The van der Waals surface area contributed by atoms with Gasteiger partial charge in [0.15, 0.2) is 6.04 Å². The molecule has 0 aliphatic rings. The van der Waals surface area contributed by atoms with Gasteiger partial charge in [-0.15, -0.1) is 0 Å². The Balaban J connectivity index is 2.44. The lowest BCUT2D eigenvalue weighted by molar-refractivity contribution is -0.139. The molecule has 2 rings (SSSR count). The first-order valence-corrected chi connectivity index (χ1v) is 6.06. The molecule has 0 aromatic heterocycles. The Kier molecular flexibility index (Phi) is 4.34. The Bertz CT molecular complexity index is 572. The highest BCUT2D eigenvalue weighted by Crippen LogP contribution is 2.25. The summed E-state index contributed by atoms with van der Waals surface area (Å²) >= 11 is 0. The maximum Gasteiger partial charge on any atom is 0.333 e. The van der Waals surface area contributed by atoms with Crippen LogP contribution in [0.3, 0.4) is 0 Å². The molecule has 1 unspecified atom stereocenters. The summed E-state index contributed by atoms with van der Waals surface area (Å²) in [5, 5.41) is 10.8. The average Bonchev–Trinajstić information content (AvgIpc) is 2.48. The van der Waals surface area contributed by atoms with E-state index in [1.165, 1.54) is 5.01 Å². The van der Waals surface area contributed by atoms with Crippen LogP contribution in [0.5, 0.6) is 0 Å². The number of rotatable bonds is 6. The maximum atomic E-state index is 11.6. The maximum absolute atomic E-state index is 11.6. The van der Waals surface area contributed by atoms with Gasteiger partial charge in [-0.25, -0.2) is 4.79 Å². The second-order valence-corrected chi connectivity index (χ2v) is 4.10. The molecule has 0 saturated heterocycles. The summed E-state index contributed by atoms with van der Waals surface area (Å²) in [5.74, 6) is -1.05. The van der Waals surface area contributed by atoms with Crippen molar-refractivity contribution in [2.75, 3.05) is 5.01 Å². The van der Waals surface area contributed by atoms with E-state index < -0.39 is 12.0 Å². The molecule has 0 heterocycles. The van der Waals surface area contributed by atoms with Crippen molar-refractivity contribution in [3.8, 4) is 0 Å². The van der Waals surface area contributed by atoms with E-state index in [1.807, 2.05) is 12.1 Å². The molecule has 2 N–H and O–H groups in total. The van der Waals surface area contributed by atoms with E-state index in [-0.39, 0.29) is 0 Å². The molecule has 0 fully saturated rings. The molecule has 20 heavy (non-hydrogen) atoms. The fraction of sp³-hybridized carbons (Fsp3) is 0.0667. The molecule has 1 amide bonds. The number of carbonyl (C=O) groups is 2. The van der Waals surface area contributed by atoms with Crippen LogP contribution in [0.1, 0.15) is 11.6 Å². The van der Waals surface area contributed by atoms with Crippen LogP contribution in [-0.4, -0.2) is 17.5 Å². The van der Waals surface area contributed by atoms with Gasteiger partial charge in [-0.1, -0.05) is 48.5 Å². The van der Waals surface area contributed by atoms with Crippen LogP contribution in [0.4, 0.5) is 5.69 Å². The zero-order chi connectivity index (χ0) is 14.4. The summed E-state index contributed by atoms with van der Waals surface area (Å²) in [5.41, 5.74) is 3.63. The fourth-order valence-electron chi connectivity index (χ4n) is 1.98. The van der Waals surface area contributed by atoms with Crippen molar-refractivity contribution in [3.63, 3.8) is 0 Å². The standard InChI is InChI=1S/C15H14N2O3/c18-11-16-17(13-9-5-2-6-10-13)14(15(19)20)12-7-3-1-4-8-12/h1-11,14H,(H,16,18)(H,19,20). The molecule has 0 aliphatic carbocycles. The highest BCUT2D eigenvalue weighted by molar-refractivity contribution is 5.80. The van der Waals surface area contributed by atoms with E-state index >= 15 is 0 Å². The summed E-state index contributed by atoms with van der Waals surface area (Å²) in [6, 6.07) is 16.6. The average molecular weight is 270 g/mol. The first kappa shape index (κ1) is 13.6. The van der Waals surface area contributed by atoms with Crippen molar-refractivity contribution in [3.05, 3.63) is 66.2 Å². The summed E-state index contributed by atoms with van der Waals surface area (Å²) in [6.07, 6.45) is 0.464. The van der Waals surface area contributed by atoms with Crippen LogP contribution >= 0.6 is 0 Å². The number of amides is 1. The van der Waals surface area contributed by atoms with Crippen molar-refractivity contribution < 1.29 is 14.7 Å². The number of nitrogens with one attached hydrogen (secondary N) is 1. The zero-order valence-corrected chi connectivity index (χ0v) is 10.6. The minimum Gasteiger partial charge on any atom is -0.479 e. The minimum absolute atomic E-state index is 0.464. The molecule has 0 spiro atoms. The SMILES string of the molecule is O=CNN(c1ccccc1)C(C(=O)O)c1ccccc1. The molecule has 0 radical (unpaired) electrons. The third-order valence-corrected chi connectivity index (χ3v) is 2.83. The van der Waals surface area contributed by atoms with Gasteiger partial charge in [0.05, 0.1) is 5.69 Å².